The molecule has 11 heteroatoms. The Morgan fingerprint density at radius 2 is 1.60 bits per heavy atom. The molecule has 0 spiro atoms. The molecule has 4 aromatic carbocycles. The van der Waals surface area contributed by atoms with Crippen molar-refractivity contribution >= 4 is 59.8 Å². The second-order valence-electron chi connectivity index (χ2n) is 8.94. The van der Waals surface area contributed by atoms with Gasteiger partial charge in [-0.1, -0.05) is 52.3 Å². The summed E-state index contributed by atoms with van der Waals surface area (Å²) in [5.74, 6) is 0.201. The highest BCUT2D eigenvalue weighted by atomic mass is 79.9. The van der Waals surface area contributed by atoms with Crippen molar-refractivity contribution in [1.82, 2.24) is 10.2 Å². The first-order valence-corrected chi connectivity index (χ1v) is 14.3. The third-order valence-corrected chi connectivity index (χ3v) is 8.31. The minimum absolute atomic E-state index is 0.137. The molecule has 0 aliphatic rings. The van der Waals surface area contributed by atoms with E-state index in [4.69, 9.17) is 10.5 Å². The van der Waals surface area contributed by atoms with E-state index in [1.807, 2.05) is 30.3 Å². The minimum Gasteiger partial charge on any atom is -0.496 e. The first-order valence-electron chi connectivity index (χ1n) is 12.1. The Morgan fingerprint density at radius 3 is 2.30 bits per heavy atom. The fourth-order valence-corrected chi connectivity index (χ4v) is 5.88. The predicted octanol–water partition coefficient (Wildman–Crippen LogP) is 6.02. The molecule has 0 bridgehead atoms. The van der Waals surface area contributed by atoms with Gasteiger partial charge in [0.15, 0.2) is 5.82 Å². The van der Waals surface area contributed by atoms with E-state index >= 15 is 0 Å². The van der Waals surface area contributed by atoms with Crippen LogP contribution >= 0.6 is 15.9 Å². The summed E-state index contributed by atoms with van der Waals surface area (Å²) in [6.07, 6.45) is 0. The number of carbonyl (C=O) groups excluding carboxylic acids is 1. The smallest absolute Gasteiger partial charge is 0.262 e. The number of rotatable bonds is 8. The van der Waals surface area contributed by atoms with Crippen molar-refractivity contribution in [2.24, 2.45) is 5.73 Å². The third kappa shape index (κ3) is 5.47. The summed E-state index contributed by atoms with van der Waals surface area (Å²) in [7, 11) is -2.42. The molecule has 0 atom stereocenters. The highest BCUT2D eigenvalue weighted by Gasteiger charge is 2.20. The number of methoxy groups -OCH3 is 1. The quantitative estimate of drug-likeness (QED) is 0.194. The molecule has 1 amide bonds. The summed E-state index contributed by atoms with van der Waals surface area (Å²) >= 11 is 3.36. The number of halogens is 1. The topological polar surface area (TPSA) is 136 Å². The largest absolute Gasteiger partial charge is 0.496 e. The van der Waals surface area contributed by atoms with Gasteiger partial charge in [0.1, 0.15) is 11.4 Å². The van der Waals surface area contributed by atoms with Gasteiger partial charge in [-0.2, -0.15) is 0 Å². The first-order chi connectivity index (χ1) is 19.2. The molecule has 202 valence electrons. The van der Waals surface area contributed by atoms with Crippen LogP contribution in [-0.2, 0) is 10.0 Å². The molecule has 0 aliphatic heterocycles. The number of carbonyl (C=O) groups is 1. The van der Waals surface area contributed by atoms with Crippen molar-refractivity contribution in [3.8, 4) is 17.0 Å². The van der Waals surface area contributed by atoms with Crippen molar-refractivity contribution in [2.45, 2.75) is 11.8 Å². The summed E-state index contributed by atoms with van der Waals surface area (Å²) in [4.78, 5) is 12.0. The van der Waals surface area contributed by atoms with Crippen LogP contribution in [0.4, 0.5) is 17.2 Å². The van der Waals surface area contributed by atoms with E-state index in [-0.39, 0.29) is 10.5 Å². The Hall–Kier alpha value is -4.48. The van der Waals surface area contributed by atoms with Crippen LogP contribution in [-0.4, -0.2) is 31.6 Å². The van der Waals surface area contributed by atoms with Crippen LogP contribution in [0, 0.1) is 6.92 Å². The van der Waals surface area contributed by atoms with Gasteiger partial charge in [-0.05, 0) is 61.0 Å². The van der Waals surface area contributed by atoms with E-state index in [2.05, 4.69) is 36.2 Å². The molecular weight excluding hydrogens is 594 g/mol. The number of benzene rings is 4. The van der Waals surface area contributed by atoms with Crippen LogP contribution in [0.5, 0.6) is 5.75 Å². The van der Waals surface area contributed by atoms with Gasteiger partial charge in [0.05, 0.1) is 17.6 Å². The number of amides is 1. The van der Waals surface area contributed by atoms with Crippen molar-refractivity contribution in [3.05, 3.63) is 101 Å². The maximum Gasteiger partial charge on any atom is 0.262 e. The van der Waals surface area contributed by atoms with Crippen molar-refractivity contribution in [3.63, 3.8) is 0 Å². The number of sulfonamides is 1. The zero-order chi connectivity index (χ0) is 28.4. The molecule has 5 aromatic rings. The van der Waals surface area contributed by atoms with Gasteiger partial charge in [-0.15, -0.1) is 10.2 Å². The molecule has 1 aromatic heterocycles. The second kappa shape index (κ2) is 10.9. The molecule has 5 rings (SSSR count). The van der Waals surface area contributed by atoms with E-state index in [1.54, 1.807) is 61.5 Å². The van der Waals surface area contributed by atoms with Crippen LogP contribution in [0.15, 0.2) is 94.3 Å². The third-order valence-electron chi connectivity index (χ3n) is 6.26. The number of aromatic nitrogens is 2. The zero-order valence-electron chi connectivity index (χ0n) is 21.5. The van der Waals surface area contributed by atoms with Gasteiger partial charge in [-0.3, -0.25) is 9.52 Å². The van der Waals surface area contributed by atoms with Crippen LogP contribution in [0.2, 0.25) is 0 Å². The second-order valence-corrected chi connectivity index (χ2v) is 11.5. The summed E-state index contributed by atoms with van der Waals surface area (Å²) < 4.78 is 35.3. The summed E-state index contributed by atoms with van der Waals surface area (Å²) in [6, 6.07) is 24.5. The summed E-state index contributed by atoms with van der Waals surface area (Å²) in [5.41, 5.74) is 8.47. The fraction of sp³-hybridized carbons (Fsp3) is 0.0690. The van der Waals surface area contributed by atoms with E-state index in [0.29, 0.717) is 39.8 Å². The Bertz CT molecular complexity index is 1860. The highest BCUT2D eigenvalue weighted by Crippen LogP contribution is 2.34. The number of primary amides is 1. The fourth-order valence-electron chi connectivity index (χ4n) is 4.29. The van der Waals surface area contributed by atoms with Gasteiger partial charge in [0, 0.05) is 32.2 Å². The lowest BCUT2D eigenvalue weighted by molar-refractivity contribution is 0.0997. The molecule has 9 nitrogen and oxygen atoms in total. The molecule has 0 aliphatic carbocycles. The Labute approximate surface area is 239 Å². The number of anilines is 3. The van der Waals surface area contributed by atoms with E-state index < -0.39 is 15.9 Å². The molecule has 0 unspecified atom stereocenters. The standard InChI is InChI=1S/C29H24BrN5O4S/c1-17-7-8-18(15-26(17)40(37,38)35-20-11-9-19(30)10-12-20)27-22-5-3-4-6-23(22)29(34-33-27)32-21-13-14-25(39-2)24(16-21)28(31)36/h3-16,35H,1-2H3,(H2,31,36)(H,32,34). The monoisotopic (exact) mass is 617 g/mol. The van der Waals surface area contributed by atoms with Crippen molar-refractivity contribution in [1.29, 1.82) is 0 Å². The number of nitrogens with one attached hydrogen (secondary N) is 2. The summed E-state index contributed by atoms with van der Waals surface area (Å²) in [5, 5.41) is 13.6. The molecule has 40 heavy (non-hydrogen) atoms. The van der Waals surface area contributed by atoms with Crippen LogP contribution in [0.3, 0.4) is 0 Å². The number of aryl methyl sites for hydroxylation is 1. The van der Waals surface area contributed by atoms with E-state index in [0.717, 1.165) is 15.2 Å². The predicted molar refractivity (Wildman–Crippen MR) is 159 cm³/mol. The van der Waals surface area contributed by atoms with E-state index in [9.17, 15) is 13.2 Å². The van der Waals surface area contributed by atoms with Crippen molar-refractivity contribution < 1.29 is 17.9 Å². The molecule has 0 fully saturated rings. The highest BCUT2D eigenvalue weighted by molar-refractivity contribution is 9.10. The average molecular weight is 619 g/mol. The molecule has 1 heterocycles. The molecule has 4 N–H and O–H groups in total. The van der Waals surface area contributed by atoms with Gasteiger partial charge >= 0.3 is 0 Å². The lowest BCUT2D eigenvalue weighted by atomic mass is 10.0. The average Bonchev–Trinajstić information content (AvgIpc) is 2.94. The molecular formula is C29H24BrN5O4S. The lowest BCUT2D eigenvalue weighted by Gasteiger charge is -2.14. The van der Waals surface area contributed by atoms with E-state index in [1.165, 1.54) is 7.11 Å². The number of nitrogens with two attached hydrogens (primary N) is 1. The van der Waals surface area contributed by atoms with Gasteiger partial charge in [-0.25, -0.2) is 8.42 Å². The van der Waals surface area contributed by atoms with Crippen LogP contribution < -0.4 is 20.5 Å². The van der Waals surface area contributed by atoms with Crippen molar-refractivity contribution in [2.75, 3.05) is 17.1 Å². The van der Waals surface area contributed by atoms with Gasteiger partial charge in [0.25, 0.3) is 15.9 Å². The number of ether oxygens (including phenoxy) is 1. The number of hydrogen-bond acceptors (Lipinski definition) is 7. The normalized spacial score (nSPS) is 11.3. The maximum absolute atomic E-state index is 13.3. The number of fused-ring (bicyclic) bond motifs is 1. The summed E-state index contributed by atoms with van der Waals surface area (Å²) in [6.45, 7) is 1.74. The van der Waals surface area contributed by atoms with Crippen LogP contribution in [0.25, 0.3) is 22.0 Å². The Kier molecular flexibility index (Phi) is 7.42. The van der Waals surface area contributed by atoms with Crippen LogP contribution in [0.1, 0.15) is 15.9 Å². The number of nitrogens with zero attached hydrogens (tertiary/aromatic N) is 2. The Balaban J connectivity index is 1.54. The number of hydrogen-bond donors (Lipinski definition) is 3. The molecule has 0 saturated heterocycles. The lowest BCUT2D eigenvalue weighted by Crippen LogP contribution is -2.14. The zero-order valence-corrected chi connectivity index (χ0v) is 23.9. The molecule has 0 saturated carbocycles. The Morgan fingerprint density at radius 1 is 0.900 bits per heavy atom. The first kappa shape index (κ1) is 27.1. The van der Waals surface area contributed by atoms with Gasteiger partial charge in [0.2, 0.25) is 0 Å². The molecule has 0 radical (unpaired) electrons. The SMILES string of the molecule is COc1ccc(Nc2nnc(-c3ccc(C)c(S(=O)(=O)Nc4ccc(Br)cc4)c3)c3ccccc23)cc1C(N)=O. The minimum atomic E-state index is -3.88. The van der Waals surface area contributed by atoms with Gasteiger partial charge < -0.3 is 15.8 Å². The maximum atomic E-state index is 13.3.